The summed E-state index contributed by atoms with van der Waals surface area (Å²) in [6.45, 7) is 0. The minimum Gasteiger partial charge on any atom is -0.481 e. The number of carbonyl (C=O) groups is 2. The van der Waals surface area contributed by atoms with Gasteiger partial charge in [0, 0.05) is 0 Å². The maximum atomic E-state index is 10.3. The third kappa shape index (κ3) is 2.83. The van der Waals surface area contributed by atoms with Crippen LogP contribution in [0.3, 0.4) is 0 Å². The van der Waals surface area contributed by atoms with Crippen LogP contribution in [-0.4, -0.2) is 27.9 Å². The fourth-order valence-electron chi connectivity index (χ4n) is 0.646. The van der Waals surface area contributed by atoms with E-state index in [-0.39, 0.29) is 11.5 Å². The first-order valence-electron chi connectivity index (χ1n) is 3.27. The molecule has 1 heterocycles. The Labute approximate surface area is 77.4 Å². The van der Waals surface area contributed by atoms with Crippen LogP contribution in [0.15, 0.2) is 21.6 Å². The summed E-state index contributed by atoms with van der Waals surface area (Å²) in [5.74, 6) is -2.47. The predicted octanol–water partition coefficient (Wildman–Crippen LogP) is 1.15. The van der Waals surface area contributed by atoms with Gasteiger partial charge in [-0.2, -0.15) is 0 Å². The standard InChI is InChI=1S/C7H6O5S/c8-5(9)3-13-6-2-1-4(12-6)7(10)11/h1-2H,3H2,(H,8,9)(H,10,11). The molecule has 0 unspecified atom stereocenters. The number of thioether (sulfide) groups is 1. The van der Waals surface area contributed by atoms with E-state index in [0.29, 0.717) is 5.09 Å². The van der Waals surface area contributed by atoms with Gasteiger partial charge in [-0.15, -0.1) is 0 Å². The molecule has 0 spiro atoms. The SMILES string of the molecule is O=C(O)CSc1ccc(C(=O)O)o1. The Morgan fingerprint density at radius 2 is 2.08 bits per heavy atom. The molecule has 0 radical (unpaired) electrons. The van der Waals surface area contributed by atoms with Crippen molar-refractivity contribution in [3.05, 3.63) is 17.9 Å². The van der Waals surface area contributed by atoms with Crippen molar-refractivity contribution in [3.63, 3.8) is 0 Å². The fourth-order valence-corrected chi connectivity index (χ4v) is 1.22. The van der Waals surface area contributed by atoms with Gasteiger partial charge in [0.25, 0.3) is 0 Å². The van der Waals surface area contributed by atoms with Crippen molar-refractivity contribution in [3.8, 4) is 0 Å². The monoisotopic (exact) mass is 202 g/mol. The lowest BCUT2D eigenvalue weighted by Crippen LogP contribution is -1.96. The molecule has 0 aliphatic heterocycles. The minimum atomic E-state index is -1.16. The Morgan fingerprint density at radius 3 is 2.54 bits per heavy atom. The molecule has 2 N–H and O–H groups in total. The van der Waals surface area contributed by atoms with E-state index in [4.69, 9.17) is 14.6 Å². The van der Waals surface area contributed by atoms with Crippen LogP contribution >= 0.6 is 11.8 Å². The average Bonchev–Trinajstić information content (AvgIpc) is 2.48. The summed E-state index contributed by atoms with van der Waals surface area (Å²) in [5, 5.41) is 17.1. The highest BCUT2D eigenvalue weighted by Crippen LogP contribution is 2.20. The number of hydrogen-bond acceptors (Lipinski definition) is 4. The van der Waals surface area contributed by atoms with E-state index >= 15 is 0 Å². The average molecular weight is 202 g/mol. The number of aromatic carboxylic acids is 1. The summed E-state index contributed by atoms with van der Waals surface area (Å²) >= 11 is 0.937. The van der Waals surface area contributed by atoms with Crippen molar-refractivity contribution in [2.45, 2.75) is 5.09 Å². The van der Waals surface area contributed by atoms with Crippen LogP contribution < -0.4 is 0 Å². The molecule has 1 aromatic heterocycles. The lowest BCUT2D eigenvalue weighted by atomic mass is 10.5. The van der Waals surface area contributed by atoms with Gasteiger partial charge in [-0.25, -0.2) is 4.79 Å². The Bertz CT molecular complexity index is 329. The molecule has 0 aliphatic rings. The second-order valence-electron chi connectivity index (χ2n) is 2.11. The first-order valence-corrected chi connectivity index (χ1v) is 4.26. The third-order valence-electron chi connectivity index (χ3n) is 1.13. The van der Waals surface area contributed by atoms with Gasteiger partial charge in [0.1, 0.15) is 0 Å². The van der Waals surface area contributed by atoms with Crippen LogP contribution in [0.4, 0.5) is 0 Å². The zero-order valence-corrected chi connectivity index (χ0v) is 7.21. The second kappa shape index (κ2) is 3.99. The molecule has 13 heavy (non-hydrogen) atoms. The molecular formula is C7H6O5S. The van der Waals surface area contributed by atoms with E-state index in [1.54, 1.807) is 0 Å². The summed E-state index contributed by atoms with van der Waals surface area (Å²) < 4.78 is 4.80. The molecule has 0 saturated carbocycles. The van der Waals surface area contributed by atoms with Crippen LogP contribution in [0.25, 0.3) is 0 Å². The van der Waals surface area contributed by atoms with E-state index in [9.17, 15) is 9.59 Å². The van der Waals surface area contributed by atoms with Crippen molar-refractivity contribution in [1.82, 2.24) is 0 Å². The first-order chi connectivity index (χ1) is 6.09. The second-order valence-corrected chi connectivity index (χ2v) is 3.09. The largest absolute Gasteiger partial charge is 0.481 e. The highest BCUT2D eigenvalue weighted by molar-refractivity contribution is 7.99. The molecule has 1 aromatic rings. The number of carboxylic acids is 2. The summed E-state index contributed by atoms with van der Waals surface area (Å²) in [4.78, 5) is 20.5. The van der Waals surface area contributed by atoms with Crippen molar-refractivity contribution in [1.29, 1.82) is 0 Å². The zero-order chi connectivity index (χ0) is 9.84. The highest BCUT2D eigenvalue weighted by Gasteiger charge is 2.09. The van der Waals surface area contributed by atoms with Gasteiger partial charge in [-0.1, -0.05) is 11.8 Å². The van der Waals surface area contributed by atoms with E-state index in [2.05, 4.69) is 0 Å². The normalized spacial score (nSPS) is 9.85. The molecular weight excluding hydrogens is 196 g/mol. The molecule has 0 atom stereocenters. The van der Waals surface area contributed by atoms with E-state index < -0.39 is 11.9 Å². The maximum Gasteiger partial charge on any atom is 0.371 e. The molecule has 0 aliphatic carbocycles. The van der Waals surface area contributed by atoms with Crippen molar-refractivity contribution < 1.29 is 24.2 Å². The Hall–Kier alpha value is -1.43. The predicted molar refractivity (Wildman–Crippen MR) is 44.0 cm³/mol. The molecule has 6 heteroatoms. The number of carboxylic acid groups (broad SMARTS) is 2. The molecule has 0 amide bonds. The van der Waals surface area contributed by atoms with Gasteiger partial charge >= 0.3 is 11.9 Å². The van der Waals surface area contributed by atoms with Crippen LogP contribution in [0.1, 0.15) is 10.6 Å². The Kier molecular flexibility index (Phi) is 2.97. The van der Waals surface area contributed by atoms with Gasteiger partial charge in [0.15, 0.2) is 5.09 Å². The molecule has 5 nitrogen and oxygen atoms in total. The van der Waals surface area contributed by atoms with Crippen LogP contribution in [0.5, 0.6) is 0 Å². The van der Waals surface area contributed by atoms with E-state index in [0.717, 1.165) is 11.8 Å². The summed E-state index contributed by atoms with van der Waals surface area (Å²) in [7, 11) is 0. The summed E-state index contributed by atoms with van der Waals surface area (Å²) in [6.07, 6.45) is 0. The number of rotatable bonds is 4. The van der Waals surface area contributed by atoms with Gasteiger partial charge in [0.2, 0.25) is 5.76 Å². The number of aliphatic carboxylic acids is 1. The quantitative estimate of drug-likeness (QED) is 0.712. The van der Waals surface area contributed by atoms with E-state index in [1.165, 1.54) is 12.1 Å². The van der Waals surface area contributed by atoms with E-state index in [1.807, 2.05) is 0 Å². The number of hydrogen-bond donors (Lipinski definition) is 2. The summed E-state index contributed by atoms with van der Waals surface area (Å²) in [5.41, 5.74) is 0. The Morgan fingerprint density at radius 1 is 1.38 bits per heavy atom. The molecule has 0 bridgehead atoms. The minimum absolute atomic E-state index is 0.146. The van der Waals surface area contributed by atoms with Crippen molar-refractivity contribution in [2.75, 3.05) is 5.75 Å². The van der Waals surface area contributed by atoms with Gasteiger partial charge < -0.3 is 14.6 Å². The highest BCUT2D eigenvalue weighted by atomic mass is 32.2. The lowest BCUT2D eigenvalue weighted by Gasteiger charge is -1.90. The molecule has 1 rings (SSSR count). The molecule has 0 saturated heterocycles. The summed E-state index contributed by atoms with van der Waals surface area (Å²) in [6, 6.07) is 2.71. The molecule has 70 valence electrons. The molecule has 0 fully saturated rings. The fraction of sp³-hybridized carbons (Fsp3) is 0.143. The maximum absolute atomic E-state index is 10.3. The first kappa shape index (κ1) is 9.66. The Balaban J connectivity index is 2.59. The van der Waals surface area contributed by atoms with Crippen LogP contribution in [0.2, 0.25) is 0 Å². The van der Waals surface area contributed by atoms with Crippen molar-refractivity contribution >= 4 is 23.7 Å². The lowest BCUT2D eigenvalue weighted by molar-refractivity contribution is -0.133. The van der Waals surface area contributed by atoms with Gasteiger partial charge in [-0.3, -0.25) is 4.79 Å². The third-order valence-corrected chi connectivity index (χ3v) is 2.03. The zero-order valence-electron chi connectivity index (χ0n) is 6.39. The number of furan rings is 1. The van der Waals surface area contributed by atoms with Gasteiger partial charge in [0.05, 0.1) is 5.75 Å². The van der Waals surface area contributed by atoms with Crippen LogP contribution in [-0.2, 0) is 4.79 Å². The smallest absolute Gasteiger partial charge is 0.371 e. The topological polar surface area (TPSA) is 87.7 Å². The molecule has 0 aromatic carbocycles. The van der Waals surface area contributed by atoms with Crippen LogP contribution in [0, 0.1) is 0 Å². The van der Waals surface area contributed by atoms with Gasteiger partial charge in [-0.05, 0) is 12.1 Å². The van der Waals surface area contributed by atoms with Crippen molar-refractivity contribution in [2.24, 2.45) is 0 Å².